The van der Waals surface area contributed by atoms with E-state index in [0.29, 0.717) is 43.5 Å². The number of hydrogen-bond donors (Lipinski definition) is 1. The number of nitrogens with zero attached hydrogens (tertiary/aromatic N) is 2. The molecule has 4 aliphatic rings. The van der Waals surface area contributed by atoms with Gasteiger partial charge in [0, 0.05) is 30.7 Å². The Morgan fingerprint density at radius 3 is 2.81 bits per heavy atom. The van der Waals surface area contributed by atoms with Crippen LogP contribution in [0.1, 0.15) is 5.56 Å². The maximum Gasteiger partial charge on any atom is 0.231 e. The molecule has 8 heteroatoms. The normalized spacial score (nSPS) is 29.9. The molecule has 0 radical (unpaired) electrons. The summed E-state index contributed by atoms with van der Waals surface area (Å²) < 4.78 is 17.3. The third-order valence-corrected chi connectivity index (χ3v) is 6.41. The highest BCUT2D eigenvalue weighted by atomic mass is 16.6. The maximum atomic E-state index is 13.3. The Labute approximate surface area is 178 Å². The number of anilines is 1. The lowest BCUT2D eigenvalue weighted by molar-refractivity contribution is -0.136. The first-order valence-electron chi connectivity index (χ1n) is 10.4. The molecule has 158 valence electrons. The Morgan fingerprint density at radius 2 is 1.97 bits per heavy atom. The van der Waals surface area contributed by atoms with Crippen molar-refractivity contribution in [1.82, 2.24) is 9.88 Å². The minimum atomic E-state index is -0.733. The van der Waals surface area contributed by atoms with E-state index < -0.39 is 23.5 Å². The second-order valence-corrected chi connectivity index (χ2v) is 8.30. The molecular weight excluding hydrogens is 398 g/mol. The number of amides is 2. The molecule has 5 heterocycles. The van der Waals surface area contributed by atoms with E-state index in [1.54, 1.807) is 35.5 Å². The van der Waals surface area contributed by atoms with Crippen molar-refractivity contribution in [1.29, 1.82) is 0 Å². The van der Waals surface area contributed by atoms with Gasteiger partial charge in [-0.15, -0.1) is 0 Å². The second kappa shape index (κ2) is 6.81. The van der Waals surface area contributed by atoms with E-state index in [-0.39, 0.29) is 11.8 Å². The SMILES string of the molecule is O=C(Nc1ccc2c(c1)OCCO2)C1C2C(=O)N(Cc3ccncc3)C[C@@]23C=C[C@@H]1O3. The number of pyridine rings is 1. The van der Waals surface area contributed by atoms with Crippen LogP contribution in [0.25, 0.3) is 0 Å². The van der Waals surface area contributed by atoms with Crippen LogP contribution in [0.5, 0.6) is 11.5 Å². The van der Waals surface area contributed by atoms with Gasteiger partial charge in [-0.1, -0.05) is 12.2 Å². The first-order valence-corrected chi connectivity index (χ1v) is 10.4. The van der Waals surface area contributed by atoms with Crippen LogP contribution in [0, 0.1) is 11.8 Å². The summed E-state index contributed by atoms with van der Waals surface area (Å²) in [4.78, 5) is 32.4. The number of fused-ring (bicyclic) bond motifs is 2. The molecule has 0 aliphatic carbocycles. The molecule has 2 unspecified atom stereocenters. The molecule has 2 aromatic rings. The van der Waals surface area contributed by atoms with Crippen LogP contribution in [0.2, 0.25) is 0 Å². The highest BCUT2D eigenvalue weighted by Gasteiger charge is 2.66. The van der Waals surface area contributed by atoms with Crippen LogP contribution in [-0.4, -0.2) is 53.2 Å². The topological polar surface area (TPSA) is 90.0 Å². The van der Waals surface area contributed by atoms with Gasteiger partial charge >= 0.3 is 0 Å². The van der Waals surface area contributed by atoms with Crippen molar-refractivity contribution in [2.75, 3.05) is 25.1 Å². The number of rotatable bonds is 4. The van der Waals surface area contributed by atoms with Gasteiger partial charge in [-0.25, -0.2) is 0 Å². The molecule has 1 N–H and O–H groups in total. The summed E-state index contributed by atoms with van der Waals surface area (Å²) in [6.45, 7) is 1.89. The summed E-state index contributed by atoms with van der Waals surface area (Å²) in [5.74, 6) is -0.116. The van der Waals surface area contributed by atoms with Gasteiger partial charge in [0.05, 0.1) is 24.5 Å². The van der Waals surface area contributed by atoms with E-state index >= 15 is 0 Å². The summed E-state index contributed by atoms with van der Waals surface area (Å²) in [7, 11) is 0. The average Bonchev–Trinajstić information content (AvgIpc) is 3.43. The molecule has 2 saturated heterocycles. The Kier molecular flexibility index (Phi) is 4.04. The summed E-state index contributed by atoms with van der Waals surface area (Å²) in [5.41, 5.74) is 0.869. The van der Waals surface area contributed by atoms with Gasteiger partial charge in [0.1, 0.15) is 18.8 Å². The minimum absolute atomic E-state index is 0.0500. The van der Waals surface area contributed by atoms with E-state index in [2.05, 4.69) is 10.3 Å². The summed E-state index contributed by atoms with van der Waals surface area (Å²) >= 11 is 0. The number of hydrogen-bond acceptors (Lipinski definition) is 6. The number of nitrogens with one attached hydrogen (secondary N) is 1. The average molecular weight is 419 g/mol. The van der Waals surface area contributed by atoms with Gasteiger partial charge in [-0.2, -0.15) is 0 Å². The van der Waals surface area contributed by atoms with E-state index in [0.717, 1.165) is 5.56 Å². The van der Waals surface area contributed by atoms with Crippen LogP contribution >= 0.6 is 0 Å². The molecule has 1 aromatic heterocycles. The van der Waals surface area contributed by atoms with Crippen LogP contribution in [-0.2, 0) is 20.9 Å². The molecule has 4 atom stereocenters. The number of likely N-dealkylation sites (tertiary alicyclic amines) is 1. The van der Waals surface area contributed by atoms with Crippen LogP contribution in [0.3, 0.4) is 0 Å². The molecule has 4 aliphatic heterocycles. The van der Waals surface area contributed by atoms with Crippen molar-refractivity contribution in [2.24, 2.45) is 11.8 Å². The fraction of sp³-hybridized carbons (Fsp3) is 0.348. The molecule has 1 aromatic carbocycles. The lowest BCUT2D eigenvalue weighted by Crippen LogP contribution is -2.41. The predicted octanol–water partition coefficient (Wildman–Crippen LogP) is 1.77. The molecule has 2 fully saturated rings. The third-order valence-electron chi connectivity index (χ3n) is 6.41. The highest BCUT2D eigenvalue weighted by molar-refractivity contribution is 5.99. The van der Waals surface area contributed by atoms with E-state index in [1.807, 2.05) is 24.3 Å². The van der Waals surface area contributed by atoms with Crippen LogP contribution in [0.4, 0.5) is 5.69 Å². The van der Waals surface area contributed by atoms with Gasteiger partial charge in [-0.05, 0) is 29.8 Å². The van der Waals surface area contributed by atoms with Crippen molar-refractivity contribution >= 4 is 17.5 Å². The summed E-state index contributed by atoms with van der Waals surface area (Å²) in [6, 6.07) is 9.08. The first-order chi connectivity index (χ1) is 15.1. The molecular formula is C23H21N3O5. The largest absolute Gasteiger partial charge is 0.486 e. The molecule has 6 rings (SSSR count). The minimum Gasteiger partial charge on any atom is -0.486 e. The van der Waals surface area contributed by atoms with Gasteiger partial charge < -0.3 is 24.4 Å². The molecule has 8 nitrogen and oxygen atoms in total. The predicted molar refractivity (Wildman–Crippen MR) is 109 cm³/mol. The number of ether oxygens (including phenoxy) is 3. The van der Waals surface area contributed by atoms with Gasteiger partial charge in [0.25, 0.3) is 0 Å². The van der Waals surface area contributed by atoms with E-state index in [9.17, 15) is 9.59 Å². The molecule has 2 amide bonds. The fourth-order valence-electron chi connectivity index (χ4n) is 5.07. The zero-order valence-corrected chi connectivity index (χ0v) is 16.7. The highest BCUT2D eigenvalue weighted by Crippen LogP contribution is 2.52. The zero-order valence-electron chi connectivity index (χ0n) is 16.7. The van der Waals surface area contributed by atoms with Gasteiger partial charge in [-0.3, -0.25) is 14.6 Å². The van der Waals surface area contributed by atoms with Crippen molar-refractivity contribution in [3.05, 3.63) is 60.4 Å². The molecule has 1 spiro atoms. The number of carbonyl (C=O) groups excluding carboxylic acids is 2. The van der Waals surface area contributed by atoms with Crippen molar-refractivity contribution in [2.45, 2.75) is 18.2 Å². The van der Waals surface area contributed by atoms with Crippen molar-refractivity contribution < 1.29 is 23.8 Å². The van der Waals surface area contributed by atoms with Gasteiger partial charge in [0.2, 0.25) is 11.8 Å². The zero-order chi connectivity index (χ0) is 21.0. The van der Waals surface area contributed by atoms with Crippen molar-refractivity contribution in [3.63, 3.8) is 0 Å². The standard InChI is InChI=1S/C23H21N3O5/c27-21(25-15-1-2-16-18(11-15)30-10-9-29-16)19-17-3-6-23(31-17)13-26(22(28)20(19)23)12-14-4-7-24-8-5-14/h1-8,11,17,19-20H,9-10,12-13H2,(H,25,27)/t17-,19?,20?,23-/m0/s1. The second-order valence-electron chi connectivity index (χ2n) is 8.30. The third kappa shape index (κ3) is 2.90. The van der Waals surface area contributed by atoms with Crippen LogP contribution in [0.15, 0.2) is 54.9 Å². The molecule has 2 bridgehead atoms. The molecule has 0 saturated carbocycles. The van der Waals surface area contributed by atoms with E-state index in [4.69, 9.17) is 14.2 Å². The number of carbonyl (C=O) groups is 2. The lowest BCUT2D eigenvalue weighted by Gasteiger charge is -2.24. The van der Waals surface area contributed by atoms with Gasteiger partial charge in [0.15, 0.2) is 11.5 Å². The van der Waals surface area contributed by atoms with Crippen molar-refractivity contribution in [3.8, 4) is 11.5 Å². The first kappa shape index (κ1) is 18.4. The Bertz CT molecular complexity index is 1090. The van der Waals surface area contributed by atoms with E-state index in [1.165, 1.54) is 0 Å². The summed E-state index contributed by atoms with van der Waals surface area (Å²) in [6.07, 6.45) is 6.89. The van der Waals surface area contributed by atoms with Crippen LogP contribution < -0.4 is 14.8 Å². The lowest BCUT2D eigenvalue weighted by atomic mass is 9.77. The Hall–Kier alpha value is -3.39. The number of aromatic nitrogens is 1. The monoisotopic (exact) mass is 419 g/mol. The smallest absolute Gasteiger partial charge is 0.231 e. The quantitative estimate of drug-likeness (QED) is 0.760. The summed E-state index contributed by atoms with van der Waals surface area (Å²) in [5, 5.41) is 2.95. The molecule has 31 heavy (non-hydrogen) atoms. The maximum absolute atomic E-state index is 13.3. The Balaban J connectivity index is 1.23. The Morgan fingerprint density at radius 1 is 1.16 bits per heavy atom. The fourth-order valence-corrected chi connectivity index (χ4v) is 5.07. The number of benzene rings is 1.